The third-order valence-electron chi connectivity index (χ3n) is 4.83. The highest BCUT2D eigenvalue weighted by Crippen LogP contribution is 2.27. The highest BCUT2D eigenvalue weighted by Gasteiger charge is 2.36. The molecule has 9 heteroatoms. The first-order valence-corrected chi connectivity index (χ1v) is 9.33. The molecule has 0 radical (unpaired) electrons. The number of carbonyl (C=O) groups excluding carboxylic acids is 3. The first kappa shape index (κ1) is 21.0. The maximum atomic E-state index is 12.3. The van der Waals surface area contributed by atoms with E-state index in [0.717, 1.165) is 11.1 Å². The van der Waals surface area contributed by atoms with Crippen LogP contribution in [0.3, 0.4) is 0 Å². The van der Waals surface area contributed by atoms with Crippen molar-refractivity contribution in [1.82, 2.24) is 0 Å². The molecule has 156 valence electrons. The third-order valence-corrected chi connectivity index (χ3v) is 4.83. The van der Waals surface area contributed by atoms with Gasteiger partial charge in [-0.05, 0) is 37.6 Å². The lowest BCUT2D eigenvalue weighted by molar-refractivity contribution is -0.384. The molecule has 1 fully saturated rings. The van der Waals surface area contributed by atoms with Crippen LogP contribution in [0.5, 0.6) is 0 Å². The Morgan fingerprint density at radius 3 is 2.53 bits per heavy atom. The second-order valence-corrected chi connectivity index (χ2v) is 7.15. The summed E-state index contributed by atoms with van der Waals surface area (Å²) in [5.74, 6) is -2.09. The molecule has 0 saturated carbocycles. The largest absolute Gasteiger partial charge is 0.455 e. The van der Waals surface area contributed by atoms with E-state index in [1.54, 1.807) is 6.07 Å². The van der Waals surface area contributed by atoms with E-state index >= 15 is 0 Å². The number of ether oxygens (including phenoxy) is 1. The van der Waals surface area contributed by atoms with Crippen molar-refractivity contribution < 1.29 is 24.0 Å². The summed E-state index contributed by atoms with van der Waals surface area (Å²) in [6.07, 6.45) is -0.0471. The van der Waals surface area contributed by atoms with Crippen LogP contribution in [0.4, 0.5) is 17.1 Å². The van der Waals surface area contributed by atoms with Gasteiger partial charge in [-0.15, -0.1) is 0 Å². The van der Waals surface area contributed by atoms with Crippen LogP contribution in [-0.2, 0) is 19.1 Å². The quantitative estimate of drug-likeness (QED) is 0.443. The Labute approximate surface area is 172 Å². The number of nitrogens with zero attached hydrogens (tertiary/aromatic N) is 2. The van der Waals surface area contributed by atoms with Gasteiger partial charge in [0.25, 0.3) is 11.6 Å². The van der Waals surface area contributed by atoms with Crippen molar-refractivity contribution in [3.8, 4) is 0 Å². The number of hydrogen-bond donors (Lipinski definition) is 1. The van der Waals surface area contributed by atoms with Crippen molar-refractivity contribution in [3.63, 3.8) is 0 Å². The lowest BCUT2D eigenvalue weighted by Crippen LogP contribution is -2.28. The molecule has 1 saturated heterocycles. The van der Waals surface area contributed by atoms with E-state index < -0.39 is 29.3 Å². The number of benzene rings is 2. The van der Waals surface area contributed by atoms with E-state index in [4.69, 9.17) is 4.74 Å². The number of carbonyl (C=O) groups is 3. The second kappa shape index (κ2) is 8.73. The standard InChI is InChI=1S/C21H21N3O6/c1-13-3-8-18(14(2)9-13)22-19(25)12-30-21(27)15-10-20(26)23(11-15)16-4-6-17(7-5-16)24(28)29/h3-9,15H,10-12H2,1-2H3,(H,22,25)/t15-/m0/s1. The fraction of sp³-hybridized carbons (Fsp3) is 0.286. The SMILES string of the molecule is Cc1ccc(NC(=O)COC(=O)[C@H]2CC(=O)N(c3ccc([N+](=O)[O-])cc3)C2)c(C)c1. The minimum Gasteiger partial charge on any atom is -0.455 e. The molecule has 0 aliphatic carbocycles. The topological polar surface area (TPSA) is 119 Å². The molecule has 0 unspecified atom stereocenters. The fourth-order valence-corrected chi connectivity index (χ4v) is 3.26. The molecule has 30 heavy (non-hydrogen) atoms. The van der Waals surface area contributed by atoms with Crippen LogP contribution in [0.1, 0.15) is 17.5 Å². The predicted molar refractivity (Wildman–Crippen MR) is 109 cm³/mol. The zero-order chi connectivity index (χ0) is 21.8. The lowest BCUT2D eigenvalue weighted by Gasteiger charge is -2.16. The Morgan fingerprint density at radius 2 is 1.90 bits per heavy atom. The molecular formula is C21H21N3O6. The van der Waals surface area contributed by atoms with Crippen LogP contribution < -0.4 is 10.2 Å². The van der Waals surface area contributed by atoms with Gasteiger partial charge in [0.15, 0.2) is 6.61 Å². The minimum atomic E-state index is -0.707. The first-order valence-electron chi connectivity index (χ1n) is 9.33. The van der Waals surface area contributed by atoms with Gasteiger partial charge >= 0.3 is 5.97 Å². The Hall–Kier alpha value is -3.75. The van der Waals surface area contributed by atoms with Gasteiger partial charge in [-0.3, -0.25) is 24.5 Å². The number of nitrogens with one attached hydrogen (secondary N) is 1. The second-order valence-electron chi connectivity index (χ2n) is 7.15. The van der Waals surface area contributed by atoms with Crippen molar-refractivity contribution in [2.45, 2.75) is 20.3 Å². The van der Waals surface area contributed by atoms with E-state index in [2.05, 4.69) is 5.32 Å². The van der Waals surface area contributed by atoms with E-state index in [9.17, 15) is 24.5 Å². The zero-order valence-electron chi connectivity index (χ0n) is 16.6. The van der Waals surface area contributed by atoms with Crippen LogP contribution in [0.2, 0.25) is 0 Å². The van der Waals surface area contributed by atoms with E-state index in [0.29, 0.717) is 11.4 Å². The van der Waals surface area contributed by atoms with Gasteiger partial charge in [-0.25, -0.2) is 0 Å². The van der Waals surface area contributed by atoms with Crippen molar-refractivity contribution >= 4 is 34.8 Å². The van der Waals surface area contributed by atoms with Gasteiger partial charge in [0.2, 0.25) is 5.91 Å². The summed E-state index contributed by atoms with van der Waals surface area (Å²) in [6.45, 7) is 3.46. The third kappa shape index (κ3) is 4.80. The molecule has 0 aromatic heterocycles. The van der Waals surface area contributed by atoms with Crippen molar-refractivity contribution in [1.29, 1.82) is 0 Å². The lowest BCUT2D eigenvalue weighted by atomic mass is 10.1. The van der Waals surface area contributed by atoms with Gasteiger partial charge in [0.05, 0.1) is 10.8 Å². The zero-order valence-corrected chi connectivity index (χ0v) is 16.6. The number of non-ortho nitro benzene ring substituents is 1. The molecule has 1 N–H and O–H groups in total. The molecule has 1 aliphatic rings. The molecule has 1 aliphatic heterocycles. The fourth-order valence-electron chi connectivity index (χ4n) is 3.26. The van der Waals surface area contributed by atoms with Crippen LogP contribution in [0.25, 0.3) is 0 Å². The van der Waals surface area contributed by atoms with Crippen molar-refractivity contribution in [3.05, 3.63) is 63.7 Å². The summed E-state index contributed by atoms with van der Waals surface area (Å²) in [5, 5.41) is 13.4. The summed E-state index contributed by atoms with van der Waals surface area (Å²) in [4.78, 5) is 48.2. The summed E-state index contributed by atoms with van der Waals surface area (Å²) < 4.78 is 5.09. The van der Waals surface area contributed by atoms with Gasteiger partial charge < -0.3 is 15.0 Å². The monoisotopic (exact) mass is 411 g/mol. The molecule has 1 heterocycles. The highest BCUT2D eigenvalue weighted by atomic mass is 16.6. The van der Waals surface area contributed by atoms with Crippen molar-refractivity contribution in [2.75, 3.05) is 23.4 Å². The van der Waals surface area contributed by atoms with Gasteiger partial charge in [-0.1, -0.05) is 17.7 Å². The summed E-state index contributed by atoms with van der Waals surface area (Å²) in [7, 11) is 0. The minimum absolute atomic E-state index is 0.0471. The number of hydrogen-bond acceptors (Lipinski definition) is 6. The number of esters is 1. The van der Waals surface area contributed by atoms with Crippen molar-refractivity contribution in [2.24, 2.45) is 5.92 Å². The number of amides is 2. The van der Waals surface area contributed by atoms with Crippen LogP contribution >= 0.6 is 0 Å². The Kier molecular flexibility index (Phi) is 6.10. The van der Waals surface area contributed by atoms with Crippen LogP contribution in [0.15, 0.2) is 42.5 Å². The first-order chi connectivity index (χ1) is 14.2. The predicted octanol–water partition coefficient (Wildman–Crippen LogP) is 2.75. The Morgan fingerprint density at radius 1 is 1.20 bits per heavy atom. The molecule has 1 atom stereocenters. The Balaban J connectivity index is 1.54. The molecule has 3 rings (SSSR count). The highest BCUT2D eigenvalue weighted by molar-refractivity contribution is 6.00. The molecule has 9 nitrogen and oxygen atoms in total. The summed E-state index contributed by atoms with van der Waals surface area (Å²) >= 11 is 0. The normalized spacial score (nSPS) is 15.7. The summed E-state index contributed by atoms with van der Waals surface area (Å²) in [6, 6.07) is 11.1. The van der Waals surface area contributed by atoms with Gasteiger partial charge in [0, 0.05) is 36.5 Å². The molecular weight excluding hydrogens is 390 g/mol. The number of rotatable bonds is 6. The maximum absolute atomic E-state index is 12.3. The van der Waals surface area contributed by atoms with Gasteiger partial charge in [-0.2, -0.15) is 0 Å². The van der Waals surface area contributed by atoms with Gasteiger partial charge in [0.1, 0.15) is 0 Å². The number of nitro groups is 1. The molecule has 0 spiro atoms. The summed E-state index contributed by atoms with van der Waals surface area (Å²) in [5.41, 5.74) is 2.99. The smallest absolute Gasteiger partial charge is 0.311 e. The molecule has 0 bridgehead atoms. The number of aryl methyl sites for hydroxylation is 2. The molecule has 2 aromatic rings. The maximum Gasteiger partial charge on any atom is 0.311 e. The van der Waals surface area contributed by atoms with E-state index in [1.165, 1.54) is 29.2 Å². The average molecular weight is 411 g/mol. The van der Waals surface area contributed by atoms with Crippen LogP contribution in [0, 0.1) is 29.9 Å². The number of anilines is 2. The Bertz CT molecular complexity index is 1000. The van der Waals surface area contributed by atoms with E-state index in [1.807, 2.05) is 26.0 Å². The molecule has 2 amide bonds. The molecule has 2 aromatic carbocycles. The van der Waals surface area contributed by atoms with E-state index in [-0.39, 0.29) is 24.6 Å². The van der Waals surface area contributed by atoms with Crippen LogP contribution in [-0.4, -0.2) is 35.9 Å². The number of nitro benzene ring substituents is 1. The average Bonchev–Trinajstić information content (AvgIpc) is 3.10.